The highest BCUT2D eigenvalue weighted by Crippen LogP contribution is 2.17. The van der Waals surface area contributed by atoms with Crippen LogP contribution in [0.4, 0.5) is 0 Å². The first kappa shape index (κ1) is 22.7. The summed E-state index contributed by atoms with van der Waals surface area (Å²) in [6.45, 7) is 5.83. The summed E-state index contributed by atoms with van der Waals surface area (Å²) in [5, 5.41) is 14.9. The smallest absolute Gasteiger partial charge is 0.191 e. The normalized spacial score (nSPS) is 12.2. The predicted molar refractivity (Wildman–Crippen MR) is 124 cm³/mol. The third-order valence-electron chi connectivity index (χ3n) is 4.06. The van der Waals surface area contributed by atoms with Gasteiger partial charge in [0.1, 0.15) is 24.1 Å². The number of hydrogen-bond donors (Lipinski definition) is 2. The van der Waals surface area contributed by atoms with Crippen molar-refractivity contribution in [3.63, 3.8) is 0 Å². The molecule has 9 heteroatoms. The molecule has 8 nitrogen and oxygen atoms in total. The lowest BCUT2D eigenvalue weighted by Crippen LogP contribution is -2.41. The van der Waals surface area contributed by atoms with E-state index in [1.54, 1.807) is 7.11 Å². The van der Waals surface area contributed by atoms with Gasteiger partial charge < -0.3 is 20.1 Å². The van der Waals surface area contributed by atoms with Crippen molar-refractivity contribution in [3.8, 4) is 11.5 Å². The van der Waals surface area contributed by atoms with Crippen LogP contribution in [0.2, 0.25) is 0 Å². The van der Waals surface area contributed by atoms with Gasteiger partial charge in [0.15, 0.2) is 17.4 Å². The number of pyridine rings is 1. The number of aromatic nitrogens is 3. The third kappa shape index (κ3) is 6.48. The topological polar surface area (TPSA) is 85.1 Å². The fourth-order valence-electron chi connectivity index (χ4n) is 2.66. The molecule has 0 bridgehead atoms. The third-order valence-corrected chi connectivity index (χ3v) is 4.06. The van der Waals surface area contributed by atoms with E-state index in [0.717, 1.165) is 29.5 Å². The Hall–Kier alpha value is -2.56. The first-order valence-electron chi connectivity index (χ1n) is 9.31. The molecule has 0 aliphatic heterocycles. The number of fused-ring (bicyclic) bond motifs is 1. The molecular formula is C20H27IN6O2. The molecule has 1 unspecified atom stereocenters. The monoisotopic (exact) mass is 510 g/mol. The van der Waals surface area contributed by atoms with Gasteiger partial charge in [-0.15, -0.1) is 34.2 Å². The zero-order valence-corrected chi connectivity index (χ0v) is 19.2. The summed E-state index contributed by atoms with van der Waals surface area (Å²) in [6.07, 6.45) is 1.90. The molecule has 0 amide bonds. The molecule has 2 aromatic heterocycles. The Kier molecular flexibility index (Phi) is 8.97. The van der Waals surface area contributed by atoms with Crippen molar-refractivity contribution in [1.82, 2.24) is 25.2 Å². The molecule has 2 N–H and O–H groups in total. The quantitative estimate of drug-likeness (QED) is 0.276. The number of hydrogen-bond acceptors (Lipinski definition) is 5. The van der Waals surface area contributed by atoms with Crippen molar-refractivity contribution in [3.05, 3.63) is 54.5 Å². The van der Waals surface area contributed by atoms with Crippen LogP contribution in [0, 0.1) is 0 Å². The van der Waals surface area contributed by atoms with Gasteiger partial charge >= 0.3 is 0 Å². The summed E-state index contributed by atoms with van der Waals surface area (Å²) in [6, 6.07) is 13.4. The van der Waals surface area contributed by atoms with E-state index in [1.165, 1.54) is 0 Å². The van der Waals surface area contributed by atoms with Gasteiger partial charge in [-0.3, -0.25) is 4.40 Å². The fraction of sp³-hybridized carbons (Fsp3) is 0.350. The predicted octanol–water partition coefficient (Wildman–Crippen LogP) is 2.88. The number of rotatable bonds is 8. The van der Waals surface area contributed by atoms with Gasteiger partial charge in [0.05, 0.1) is 13.7 Å². The molecule has 3 aromatic rings. The number of halogens is 1. The highest BCUT2D eigenvalue weighted by molar-refractivity contribution is 14.0. The zero-order valence-electron chi connectivity index (χ0n) is 16.8. The molecule has 2 heterocycles. The standard InChI is InChI=1S/C20H26N6O2.HI/c1-4-21-20(23-14-19-25-24-18-7-5-6-12-26(18)19)22-13-15(2)28-17-10-8-16(27-3)9-11-17;/h5-12,15H,4,13-14H2,1-3H3,(H2,21,22,23);1H. The van der Waals surface area contributed by atoms with Crippen LogP contribution in [0.3, 0.4) is 0 Å². The van der Waals surface area contributed by atoms with Gasteiger partial charge in [0, 0.05) is 12.7 Å². The molecule has 156 valence electrons. The van der Waals surface area contributed by atoms with Crippen LogP contribution in [0.15, 0.2) is 53.7 Å². The van der Waals surface area contributed by atoms with Gasteiger partial charge in [-0.25, -0.2) is 4.99 Å². The minimum atomic E-state index is -0.0360. The first-order chi connectivity index (χ1) is 13.7. The summed E-state index contributed by atoms with van der Waals surface area (Å²) in [5.41, 5.74) is 0.812. The van der Waals surface area contributed by atoms with E-state index in [1.807, 2.05) is 66.9 Å². The van der Waals surface area contributed by atoms with Crippen molar-refractivity contribution in [2.45, 2.75) is 26.5 Å². The first-order valence-corrected chi connectivity index (χ1v) is 9.31. The molecule has 29 heavy (non-hydrogen) atoms. The van der Waals surface area contributed by atoms with E-state index in [9.17, 15) is 0 Å². The summed E-state index contributed by atoms with van der Waals surface area (Å²) >= 11 is 0. The van der Waals surface area contributed by atoms with E-state index in [2.05, 4.69) is 25.8 Å². The Labute approximate surface area is 187 Å². The summed E-state index contributed by atoms with van der Waals surface area (Å²) < 4.78 is 13.0. The number of nitrogens with one attached hydrogen (secondary N) is 2. The lowest BCUT2D eigenvalue weighted by Gasteiger charge is -2.17. The number of guanidine groups is 1. The maximum Gasteiger partial charge on any atom is 0.191 e. The van der Waals surface area contributed by atoms with Crippen LogP contribution in [0.25, 0.3) is 5.65 Å². The van der Waals surface area contributed by atoms with E-state index in [4.69, 9.17) is 9.47 Å². The molecule has 1 atom stereocenters. The van der Waals surface area contributed by atoms with Crippen molar-refractivity contribution in [2.24, 2.45) is 4.99 Å². The fourth-order valence-corrected chi connectivity index (χ4v) is 2.66. The van der Waals surface area contributed by atoms with Crippen LogP contribution in [0.5, 0.6) is 11.5 Å². The largest absolute Gasteiger partial charge is 0.497 e. The molecule has 0 fully saturated rings. The molecule has 3 rings (SSSR count). The summed E-state index contributed by atoms with van der Waals surface area (Å²) in [4.78, 5) is 4.61. The molecule has 0 aliphatic rings. The average Bonchev–Trinajstić information content (AvgIpc) is 3.14. The molecular weight excluding hydrogens is 483 g/mol. The Balaban J connectivity index is 0.00000300. The Bertz CT molecular complexity index is 913. The minimum Gasteiger partial charge on any atom is -0.497 e. The molecule has 0 radical (unpaired) electrons. The van der Waals surface area contributed by atoms with Crippen molar-refractivity contribution >= 4 is 35.6 Å². The van der Waals surface area contributed by atoms with Gasteiger partial charge in [-0.05, 0) is 50.2 Å². The lowest BCUT2D eigenvalue weighted by atomic mass is 10.3. The Morgan fingerprint density at radius 2 is 1.86 bits per heavy atom. The van der Waals surface area contributed by atoms with Gasteiger partial charge in [0.2, 0.25) is 0 Å². The zero-order chi connectivity index (χ0) is 19.8. The molecule has 0 saturated carbocycles. The van der Waals surface area contributed by atoms with Crippen LogP contribution >= 0.6 is 24.0 Å². The van der Waals surface area contributed by atoms with E-state index in [0.29, 0.717) is 19.0 Å². The van der Waals surface area contributed by atoms with E-state index >= 15 is 0 Å². The van der Waals surface area contributed by atoms with Crippen LogP contribution in [-0.2, 0) is 6.54 Å². The van der Waals surface area contributed by atoms with Crippen molar-refractivity contribution < 1.29 is 9.47 Å². The molecule has 0 spiro atoms. The van der Waals surface area contributed by atoms with Crippen LogP contribution in [-0.4, -0.2) is 46.9 Å². The van der Waals surface area contributed by atoms with E-state index in [-0.39, 0.29) is 30.1 Å². The van der Waals surface area contributed by atoms with Crippen LogP contribution in [0.1, 0.15) is 19.7 Å². The maximum atomic E-state index is 5.92. The number of nitrogens with zero attached hydrogens (tertiary/aromatic N) is 4. The maximum absolute atomic E-state index is 5.92. The molecule has 1 aromatic carbocycles. The van der Waals surface area contributed by atoms with Crippen molar-refractivity contribution in [1.29, 1.82) is 0 Å². The highest BCUT2D eigenvalue weighted by atomic mass is 127. The van der Waals surface area contributed by atoms with Gasteiger partial charge in [0.25, 0.3) is 0 Å². The Morgan fingerprint density at radius 3 is 2.59 bits per heavy atom. The highest BCUT2D eigenvalue weighted by Gasteiger charge is 2.08. The number of ether oxygens (including phenoxy) is 2. The molecule has 0 aliphatic carbocycles. The van der Waals surface area contributed by atoms with Crippen LogP contribution < -0.4 is 20.1 Å². The minimum absolute atomic E-state index is 0. The molecule has 0 saturated heterocycles. The number of benzene rings is 1. The van der Waals surface area contributed by atoms with Gasteiger partial charge in [-0.1, -0.05) is 6.07 Å². The second-order valence-corrected chi connectivity index (χ2v) is 6.23. The second-order valence-electron chi connectivity index (χ2n) is 6.23. The van der Waals surface area contributed by atoms with Gasteiger partial charge in [-0.2, -0.15) is 0 Å². The number of methoxy groups -OCH3 is 1. The van der Waals surface area contributed by atoms with Crippen molar-refractivity contribution in [2.75, 3.05) is 20.2 Å². The average molecular weight is 510 g/mol. The SMILES string of the molecule is CCNC(=NCc1nnc2ccccn12)NCC(C)Oc1ccc(OC)cc1.I. The lowest BCUT2D eigenvalue weighted by molar-refractivity contribution is 0.223. The number of aliphatic imine (C=N–C) groups is 1. The Morgan fingerprint density at radius 1 is 1.10 bits per heavy atom. The summed E-state index contributed by atoms with van der Waals surface area (Å²) in [7, 11) is 1.65. The summed E-state index contributed by atoms with van der Waals surface area (Å²) in [5.74, 6) is 3.10. The van der Waals surface area contributed by atoms with E-state index < -0.39 is 0 Å². The second kappa shape index (κ2) is 11.4.